The maximum Gasteiger partial charge on any atom is 0.329 e. The first-order valence-electron chi connectivity index (χ1n) is 13.2. The smallest absolute Gasteiger partial charge is 0.329 e. The quantitative estimate of drug-likeness (QED) is 0.473. The molecule has 3 fully saturated rings. The SMILES string of the molecule is Cn1c(=O)n(C2CCC(=O)NC2=O)c2cccc(C#CCN3CC(C(C)(C)C)OC4(CCNCC4)C3)c21. The fraction of sp³-hybridized carbons (Fsp3) is 0.607. The number of amides is 2. The minimum absolute atomic E-state index is 0.0345. The summed E-state index contributed by atoms with van der Waals surface area (Å²) in [6.07, 6.45) is 2.65. The molecule has 2 amide bonds. The van der Waals surface area contributed by atoms with Crippen molar-refractivity contribution in [2.45, 2.75) is 64.2 Å². The first-order chi connectivity index (χ1) is 17.6. The van der Waals surface area contributed by atoms with E-state index in [0.717, 1.165) is 44.6 Å². The summed E-state index contributed by atoms with van der Waals surface area (Å²) >= 11 is 0. The first kappa shape index (κ1) is 25.7. The Bertz CT molecular complexity index is 1330. The molecule has 0 radical (unpaired) electrons. The molecule has 2 aromatic rings. The van der Waals surface area contributed by atoms with Crippen LogP contribution in [0.3, 0.4) is 0 Å². The van der Waals surface area contributed by atoms with Crippen molar-refractivity contribution in [1.29, 1.82) is 0 Å². The third kappa shape index (κ3) is 4.98. The van der Waals surface area contributed by atoms with Crippen molar-refractivity contribution >= 4 is 22.8 Å². The number of piperidine rings is 2. The number of carbonyl (C=O) groups is 2. The lowest BCUT2D eigenvalue weighted by Gasteiger charge is -2.51. The molecule has 3 saturated heterocycles. The Hall–Kier alpha value is -2.93. The number of para-hydroxylation sites is 1. The van der Waals surface area contributed by atoms with Crippen LogP contribution < -0.4 is 16.3 Å². The highest BCUT2D eigenvalue weighted by atomic mass is 16.5. The molecule has 2 unspecified atom stereocenters. The zero-order valence-corrected chi connectivity index (χ0v) is 22.2. The van der Waals surface area contributed by atoms with Gasteiger partial charge in [-0.3, -0.25) is 28.9 Å². The molecule has 5 rings (SSSR count). The summed E-state index contributed by atoms with van der Waals surface area (Å²) in [5.74, 6) is 5.94. The Morgan fingerprint density at radius 3 is 2.62 bits per heavy atom. The molecule has 1 spiro atoms. The number of imide groups is 1. The van der Waals surface area contributed by atoms with Gasteiger partial charge in [0.2, 0.25) is 11.8 Å². The van der Waals surface area contributed by atoms with Crippen molar-refractivity contribution < 1.29 is 14.3 Å². The van der Waals surface area contributed by atoms with Gasteiger partial charge in [-0.25, -0.2) is 4.79 Å². The molecular formula is C28H37N5O4. The first-order valence-corrected chi connectivity index (χ1v) is 13.2. The third-order valence-electron chi connectivity index (χ3n) is 7.96. The number of carbonyl (C=O) groups excluding carboxylic acids is 2. The third-order valence-corrected chi connectivity index (χ3v) is 7.96. The number of hydrogen-bond acceptors (Lipinski definition) is 6. The molecule has 2 N–H and O–H groups in total. The summed E-state index contributed by atoms with van der Waals surface area (Å²) in [5, 5.41) is 5.81. The van der Waals surface area contributed by atoms with Crippen LogP contribution in [-0.4, -0.2) is 70.3 Å². The van der Waals surface area contributed by atoms with Crippen LogP contribution >= 0.6 is 0 Å². The maximum atomic E-state index is 13.2. The van der Waals surface area contributed by atoms with Crippen LogP contribution in [0.5, 0.6) is 0 Å². The normalized spacial score (nSPS) is 24.6. The summed E-state index contributed by atoms with van der Waals surface area (Å²) in [6, 6.07) is 4.90. The molecule has 4 heterocycles. The molecule has 1 aromatic heterocycles. The molecule has 0 bridgehead atoms. The molecule has 37 heavy (non-hydrogen) atoms. The Morgan fingerprint density at radius 2 is 1.92 bits per heavy atom. The number of hydrogen-bond donors (Lipinski definition) is 2. The summed E-state index contributed by atoms with van der Waals surface area (Å²) in [4.78, 5) is 39.7. The Balaban J connectivity index is 1.42. The summed E-state index contributed by atoms with van der Waals surface area (Å²) in [6.45, 7) is 10.9. The molecule has 0 aliphatic carbocycles. The maximum absolute atomic E-state index is 13.2. The van der Waals surface area contributed by atoms with Crippen molar-refractivity contribution in [1.82, 2.24) is 24.7 Å². The van der Waals surface area contributed by atoms with Gasteiger partial charge >= 0.3 is 5.69 Å². The lowest BCUT2D eigenvalue weighted by atomic mass is 9.83. The van der Waals surface area contributed by atoms with E-state index >= 15 is 0 Å². The lowest BCUT2D eigenvalue weighted by Crippen LogP contribution is -2.61. The van der Waals surface area contributed by atoms with Crippen molar-refractivity contribution in [2.24, 2.45) is 12.5 Å². The van der Waals surface area contributed by atoms with E-state index in [1.807, 2.05) is 18.2 Å². The highest BCUT2D eigenvalue weighted by molar-refractivity contribution is 6.00. The molecule has 3 aliphatic rings. The van der Waals surface area contributed by atoms with Crippen LogP contribution in [0.4, 0.5) is 0 Å². The van der Waals surface area contributed by atoms with E-state index < -0.39 is 11.9 Å². The van der Waals surface area contributed by atoms with Gasteiger partial charge in [0.1, 0.15) is 6.04 Å². The van der Waals surface area contributed by atoms with Crippen LogP contribution in [0, 0.1) is 17.3 Å². The number of fused-ring (bicyclic) bond motifs is 1. The molecule has 0 saturated carbocycles. The average molecular weight is 508 g/mol. The predicted octanol–water partition coefficient (Wildman–Crippen LogP) is 1.54. The molecule has 9 heteroatoms. The van der Waals surface area contributed by atoms with E-state index in [1.54, 1.807) is 11.6 Å². The van der Waals surface area contributed by atoms with E-state index in [4.69, 9.17) is 4.74 Å². The van der Waals surface area contributed by atoms with Crippen molar-refractivity contribution in [2.75, 3.05) is 32.7 Å². The Kier molecular flexibility index (Phi) is 6.77. The van der Waals surface area contributed by atoms with E-state index in [1.165, 1.54) is 4.57 Å². The van der Waals surface area contributed by atoms with Gasteiger partial charge < -0.3 is 10.1 Å². The average Bonchev–Trinajstić information content (AvgIpc) is 3.09. The monoisotopic (exact) mass is 507 g/mol. The van der Waals surface area contributed by atoms with Gasteiger partial charge in [-0.2, -0.15) is 0 Å². The molecule has 1 aromatic carbocycles. The van der Waals surface area contributed by atoms with Gasteiger partial charge in [-0.15, -0.1) is 0 Å². The van der Waals surface area contributed by atoms with Gasteiger partial charge in [-0.1, -0.05) is 38.7 Å². The predicted molar refractivity (Wildman–Crippen MR) is 141 cm³/mol. The van der Waals surface area contributed by atoms with E-state index in [2.05, 4.69) is 48.1 Å². The number of nitrogens with zero attached hydrogens (tertiary/aromatic N) is 3. The van der Waals surface area contributed by atoms with Gasteiger partial charge in [0.15, 0.2) is 0 Å². The number of nitrogens with one attached hydrogen (secondary N) is 2. The van der Waals surface area contributed by atoms with Gasteiger partial charge in [-0.05, 0) is 49.9 Å². The Morgan fingerprint density at radius 1 is 1.16 bits per heavy atom. The molecule has 3 aliphatic heterocycles. The number of aromatic nitrogens is 2. The zero-order chi connectivity index (χ0) is 26.4. The largest absolute Gasteiger partial charge is 0.368 e. The molecular weight excluding hydrogens is 470 g/mol. The van der Waals surface area contributed by atoms with E-state index in [9.17, 15) is 14.4 Å². The fourth-order valence-corrected chi connectivity index (χ4v) is 5.83. The number of imidazole rings is 1. The highest BCUT2D eigenvalue weighted by Crippen LogP contribution is 2.36. The molecule has 9 nitrogen and oxygen atoms in total. The van der Waals surface area contributed by atoms with Crippen LogP contribution in [0.15, 0.2) is 23.0 Å². The Labute approximate surface area is 217 Å². The lowest BCUT2D eigenvalue weighted by molar-refractivity contribution is -0.193. The summed E-state index contributed by atoms with van der Waals surface area (Å²) < 4.78 is 9.76. The molecule has 2 atom stereocenters. The van der Waals surface area contributed by atoms with Gasteiger partial charge in [0.25, 0.3) is 0 Å². The van der Waals surface area contributed by atoms with Crippen LogP contribution in [0.25, 0.3) is 11.0 Å². The van der Waals surface area contributed by atoms with Crippen LogP contribution in [0.2, 0.25) is 0 Å². The number of morpholine rings is 1. The fourth-order valence-electron chi connectivity index (χ4n) is 5.83. The minimum atomic E-state index is -0.707. The number of aryl methyl sites for hydroxylation is 1. The standard InChI is InChI=1S/C28H37N5O4/c1-27(2,3)22-17-32(18-28(37-22)12-14-29-15-13-28)16-6-8-19-7-5-9-20-24(19)31(4)26(36)33(20)21-10-11-23(34)30-25(21)35/h5,7,9,21-22,29H,10-18H2,1-4H3,(H,30,34,35). The number of benzene rings is 1. The van der Waals surface area contributed by atoms with Gasteiger partial charge in [0, 0.05) is 26.6 Å². The second-order valence-electron chi connectivity index (χ2n) is 11.7. The van der Waals surface area contributed by atoms with Crippen molar-refractivity contribution in [3.05, 3.63) is 34.2 Å². The van der Waals surface area contributed by atoms with Crippen molar-refractivity contribution in [3.8, 4) is 11.8 Å². The van der Waals surface area contributed by atoms with E-state index in [0.29, 0.717) is 24.0 Å². The zero-order valence-electron chi connectivity index (χ0n) is 22.2. The second kappa shape index (κ2) is 9.75. The molecule has 198 valence electrons. The van der Waals surface area contributed by atoms with Gasteiger partial charge in [0.05, 0.1) is 34.8 Å². The van der Waals surface area contributed by atoms with Crippen LogP contribution in [0.1, 0.15) is 58.1 Å². The minimum Gasteiger partial charge on any atom is -0.368 e. The van der Waals surface area contributed by atoms with Crippen molar-refractivity contribution in [3.63, 3.8) is 0 Å². The number of ether oxygens (including phenoxy) is 1. The second-order valence-corrected chi connectivity index (χ2v) is 11.7. The summed E-state index contributed by atoms with van der Waals surface area (Å²) in [5.41, 5.74) is 1.72. The van der Waals surface area contributed by atoms with Crippen LogP contribution in [-0.2, 0) is 21.4 Å². The van der Waals surface area contributed by atoms with E-state index in [-0.39, 0.29) is 35.1 Å². The topological polar surface area (TPSA) is 97.6 Å². The number of rotatable bonds is 2. The summed E-state index contributed by atoms with van der Waals surface area (Å²) in [7, 11) is 1.70. The highest BCUT2D eigenvalue weighted by Gasteiger charge is 2.44.